The summed E-state index contributed by atoms with van der Waals surface area (Å²) in [7, 11) is 2.10. The standard InChI is InChI=1S/C22H29N5O/c1-17-8-10-26(11-9-17)21-19(22(28)27-14-12-25(2)13-15-27)16-23-20(24-21)18-6-4-3-5-7-18/h3-7,16-17H,8-15H2,1-2H3. The Balaban J connectivity index is 1.67. The summed E-state index contributed by atoms with van der Waals surface area (Å²) in [4.78, 5) is 29.2. The van der Waals surface area contributed by atoms with E-state index in [-0.39, 0.29) is 5.91 Å². The summed E-state index contributed by atoms with van der Waals surface area (Å²) in [6.07, 6.45) is 4.00. The van der Waals surface area contributed by atoms with Gasteiger partial charge in [-0.15, -0.1) is 0 Å². The molecule has 6 heteroatoms. The number of carbonyl (C=O) groups excluding carboxylic acids is 1. The van der Waals surface area contributed by atoms with Gasteiger partial charge in [0, 0.05) is 51.0 Å². The number of anilines is 1. The molecule has 0 N–H and O–H groups in total. The zero-order valence-electron chi connectivity index (χ0n) is 16.8. The van der Waals surface area contributed by atoms with Gasteiger partial charge in [0.05, 0.1) is 0 Å². The first-order valence-electron chi connectivity index (χ1n) is 10.3. The highest BCUT2D eigenvalue weighted by Gasteiger charge is 2.27. The molecule has 0 spiro atoms. The van der Waals surface area contributed by atoms with E-state index >= 15 is 0 Å². The Labute approximate surface area is 167 Å². The maximum atomic E-state index is 13.3. The van der Waals surface area contributed by atoms with E-state index in [0.717, 1.165) is 69.4 Å². The number of amides is 1. The van der Waals surface area contributed by atoms with Crippen LogP contribution < -0.4 is 4.90 Å². The van der Waals surface area contributed by atoms with E-state index in [1.807, 2.05) is 35.2 Å². The lowest BCUT2D eigenvalue weighted by Gasteiger charge is -2.35. The van der Waals surface area contributed by atoms with Crippen LogP contribution in [0.2, 0.25) is 0 Å². The van der Waals surface area contributed by atoms with Crippen LogP contribution in [0.5, 0.6) is 0 Å². The lowest BCUT2D eigenvalue weighted by atomic mass is 9.99. The van der Waals surface area contributed by atoms with Crippen LogP contribution in [-0.2, 0) is 0 Å². The van der Waals surface area contributed by atoms with Crippen LogP contribution in [0.1, 0.15) is 30.1 Å². The minimum Gasteiger partial charge on any atom is -0.356 e. The molecule has 6 nitrogen and oxygen atoms in total. The molecule has 1 aromatic heterocycles. The first-order chi connectivity index (χ1) is 13.6. The zero-order valence-corrected chi connectivity index (χ0v) is 16.8. The number of carbonyl (C=O) groups is 1. The van der Waals surface area contributed by atoms with Gasteiger partial charge in [0.2, 0.25) is 0 Å². The second-order valence-electron chi connectivity index (χ2n) is 8.06. The van der Waals surface area contributed by atoms with Crippen molar-refractivity contribution in [3.63, 3.8) is 0 Å². The predicted octanol–water partition coefficient (Wildman–Crippen LogP) is 2.77. The van der Waals surface area contributed by atoms with Crippen molar-refractivity contribution in [2.45, 2.75) is 19.8 Å². The van der Waals surface area contributed by atoms with Gasteiger partial charge in [0.15, 0.2) is 5.82 Å². The molecule has 1 aromatic carbocycles. The fourth-order valence-electron chi connectivity index (χ4n) is 3.89. The molecule has 0 atom stereocenters. The Hall–Kier alpha value is -2.47. The number of nitrogens with zero attached hydrogens (tertiary/aromatic N) is 5. The molecule has 2 fully saturated rings. The summed E-state index contributed by atoms with van der Waals surface area (Å²) < 4.78 is 0. The largest absolute Gasteiger partial charge is 0.356 e. The Morgan fingerprint density at radius 2 is 1.68 bits per heavy atom. The van der Waals surface area contributed by atoms with Crippen molar-refractivity contribution in [2.24, 2.45) is 5.92 Å². The lowest BCUT2D eigenvalue weighted by molar-refractivity contribution is 0.0664. The van der Waals surface area contributed by atoms with Crippen LogP contribution in [0.3, 0.4) is 0 Å². The third-order valence-corrected chi connectivity index (χ3v) is 5.90. The molecule has 2 saturated heterocycles. The van der Waals surface area contributed by atoms with Gasteiger partial charge in [-0.2, -0.15) is 0 Å². The van der Waals surface area contributed by atoms with E-state index in [9.17, 15) is 4.79 Å². The lowest BCUT2D eigenvalue weighted by Crippen LogP contribution is -2.47. The molecule has 2 aliphatic rings. The van der Waals surface area contributed by atoms with E-state index in [2.05, 4.69) is 28.8 Å². The Morgan fingerprint density at radius 3 is 2.36 bits per heavy atom. The average molecular weight is 380 g/mol. The highest BCUT2D eigenvalue weighted by atomic mass is 16.2. The van der Waals surface area contributed by atoms with Crippen molar-refractivity contribution < 1.29 is 4.79 Å². The summed E-state index contributed by atoms with van der Waals surface area (Å²) >= 11 is 0. The minimum absolute atomic E-state index is 0.0568. The number of piperazine rings is 1. The summed E-state index contributed by atoms with van der Waals surface area (Å²) in [5, 5.41) is 0. The van der Waals surface area contributed by atoms with Gasteiger partial charge >= 0.3 is 0 Å². The minimum atomic E-state index is 0.0568. The van der Waals surface area contributed by atoms with Crippen molar-refractivity contribution in [1.82, 2.24) is 19.8 Å². The molecule has 3 heterocycles. The van der Waals surface area contributed by atoms with E-state index in [4.69, 9.17) is 4.98 Å². The summed E-state index contributed by atoms with van der Waals surface area (Å²) in [5.74, 6) is 2.26. The van der Waals surface area contributed by atoms with Gasteiger partial charge in [0.1, 0.15) is 11.4 Å². The van der Waals surface area contributed by atoms with Gasteiger partial charge in [-0.3, -0.25) is 4.79 Å². The molecule has 0 bridgehead atoms. The molecule has 28 heavy (non-hydrogen) atoms. The Kier molecular flexibility index (Phi) is 5.57. The van der Waals surface area contributed by atoms with Crippen LogP contribution in [-0.4, -0.2) is 72.0 Å². The van der Waals surface area contributed by atoms with Gasteiger partial charge in [-0.1, -0.05) is 37.3 Å². The first kappa shape index (κ1) is 18.9. The Morgan fingerprint density at radius 1 is 1.00 bits per heavy atom. The number of hydrogen-bond acceptors (Lipinski definition) is 5. The van der Waals surface area contributed by atoms with Crippen LogP contribution in [0.4, 0.5) is 5.82 Å². The molecular formula is C22H29N5O. The third kappa shape index (κ3) is 4.02. The number of benzene rings is 1. The predicted molar refractivity (Wildman–Crippen MR) is 111 cm³/mol. The van der Waals surface area contributed by atoms with E-state index < -0.39 is 0 Å². The molecular weight excluding hydrogens is 350 g/mol. The van der Waals surface area contributed by atoms with E-state index in [1.54, 1.807) is 6.20 Å². The van der Waals surface area contributed by atoms with Crippen LogP contribution in [0.25, 0.3) is 11.4 Å². The molecule has 148 valence electrons. The number of rotatable bonds is 3. The molecule has 0 saturated carbocycles. The molecule has 4 rings (SSSR count). The van der Waals surface area contributed by atoms with Crippen LogP contribution in [0.15, 0.2) is 36.5 Å². The monoisotopic (exact) mass is 379 g/mol. The van der Waals surface area contributed by atoms with Crippen molar-refractivity contribution in [2.75, 3.05) is 51.2 Å². The summed E-state index contributed by atoms with van der Waals surface area (Å²) in [6.45, 7) is 7.50. The van der Waals surface area contributed by atoms with Crippen LogP contribution >= 0.6 is 0 Å². The third-order valence-electron chi connectivity index (χ3n) is 5.90. The second-order valence-corrected chi connectivity index (χ2v) is 8.06. The highest BCUT2D eigenvalue weighted by Crippen LogP contribution is 2.27. The highest BCUT2D eigenvalue weighted by molar-refractivity contribution is 5.99. The molecule has 0 radical (unpaired) electrons. The maximum absolute atomic E-state index is 13.3. The number of piperidine rings is 1. The molecule has 0 unspecified atom stereocenters. The molecule has 2 aromatic rings. The fourth-order valence-corrected chi connectivity index (χ4v) is 3.89. The number of hydrogen-bond donors (Lipinski definition) is 0. The maximum Gasteiger partial charge on any atom is 0.259 e. The van der Waals surface area contributed by atoms with Crippen molar-refractivity contribution >= 4 is 11.7 Å². The van der Waals surface area contributed by atoms with Crippen LogP contribution in [0, 0.1) is 5.92 Å². The van der Waals surface area contributed by atoms with Gasteiger partial charge in [-0.25, -0.2) is 9.97 Å². The first-order valence-corrected chi connectivity index (χ1v) is 10.3. The van der Waals surface area contributed by atoms with Crippen molar-refractivity contribution in [3.8, 4) is 11.4 Å². The fraction of sp³-hybridized carbons (Fsp3) is 0.500. The quantitative estimate of drug-likeness (QED) is 0.821. The molecule has 1 amide bonds. The van der Waals surface area contributed by atoms with Gasteiger partial charge in [-0.05, 0) is 25.8 Å². The van der Waals surface area contributed by atoms with Crippen molar-refractivity contribution in [1.29, 1.82) is 0 Å². The number of likely N-dealkylation sites (N-methyl/N-ethyl adjacent to an activating group) is 1. The Bertz CT molecular complexity index is 809. The normalized spacial score (nSPS) is 19.1. The smallest absolute Gasteiger partial charge is 0.259 e. The van der Waals surface area contributed by atoms with Crippen molar-refractivity contribution in [3.05, 3.63) is 42.1 Å². The number of aromatic nitrogens is 2. The second kappa shape index (κ2) is 8.27. The average Bonchev–Trinajstić information content (AvgIpc) is 2.74. The molecule has 0 aliphatic carbocycles. The van der Waals surface area contributed by atoms with E-state index in [0.29, 0.717) is 11.4 Å². The van der Waals surface area contributed by atoms with E-state index in [1.165, 1.54) is 0 Å². The van der Waals surface area contributed by atoms with Gasteiger partial charge in [0.25, 0.3) is 5.91 Å². The summed E-state index contributed by atoms with van der Waals surface area (Å²) in [6, 6.07) is 9.99. The SMILES string of the molecule is CC1CCN(c2nc(-c3ccccc3)ncc2C(=O)N2CCN(C)CC2)CC1. The van der Waals surface area contributed by atoms with Gasteiger partial charge < -0.3 is 14.7 Å². The summed E-state index contributed by atoms with van der Waals surface area (Å²) in [5.41, 5.74) is 1.62. The molecule has 2 aliphatic heterocycles. The zero-order chi connectivity index (χ0) is 19.5. The topological polar surface area (TPSA) is 52.6 Å².